The summed E-state index contributed by atoms with van der Waals surface area (Å²) in [6, 6.07) is 6.52. The van der Waals surface area contributed by atoms with E-state index in [-0.39, 0.29) is 29.0 Å². The Morgan fingerprint density at radius 2 is 1.93 bits per heavy atom. The van der Waals surface area contributed by atoms with Crippen LogP contribution in [0.3, 0.4) is 0 Å². The van der Waals surface area contributed by atoms with Crippen molar-refractivity contribution in [2.24, 2.45) is 4.99 Å². The average Bonchev–Trinajstić information content (AvgIpc) is 2.68. The van der Waals surface area contributed by atoms with Gasteiger partial charge in [-0.3, -0.25) is 0 Å². The van der Waals surface area contributed by atoms with Crippen LogP contribution in [0.15, 0.2) is 41.7 Å². The molecule has 0 unspecified atom stereocenters. The van der Waals surface area contributed by atoms with Crippen molar-refractivity contribution in [1.29, 1.82) is 0 Å². The number of benzene rings is 1. The van der Waals surface area contributed by atoms with Gasteiger partial charge in [0.15, 0.2) is 5.96 Å². The van der Waals surface area contributed by atoms with Crippen LogP contribution in [0.25, 0.3) is 0 Å². The van der Waals surface area contributed by atoms with E-state index in [2.05, 4.69) is 30.1 Å². The lowest BCUT2D eigenvalue weighted by Gasteiger charge is -2.36. The molecule has 0 spiro atoms. The quantitative estimate of drug-likeness (QED) is 0.394. The number of anilines is 1. The van der Waals surface area contributed by atoms with Gasteiger partial charge in [0.25, 0.3) is 0 Å². The van der Waals surface area contributed by atoms with Crippen molar-refractivity contribution in [2.75, 3.05) is 37.6 Å². The minimum absolute atomic E-state index is 0. The van der Waals surface area contributed by atoms with Gasteiger partial charge in [0.05, 0.1) is 11.6 Å². The lowest BCUT2D eigenvalue weighted by Crippen LogP contribution is -2.52. The standard InChI is InChI=1S/C18H22ClFN6.HI/c1-2-21-17(24-13-14-4-5-16(20)15(19)12-14)25-8-10-26(11-9-25)18-22-6-3-7-23-18;/h3-7,12H,2,8-11,13H2,1H3,(H,21,24);1H. The predicted molar refractivity (Wildman–Crippen MR) is 117 cm³/mol. The molecule has 2 heterocycles. The Labute approximate surface area is 180 Å². The molecule has 0 bridgehead atoms. The fraction of sp³-hybridized carbons (Fsp3) is 0.389. The van der Waals surface area contributed by atoms with Gasteiger partial charge in [0.1, 0.15) is 5.82 Å². The Bertz CT molecular complexity index is 753. The van der Waals surface area contributed by atoms with Crippen molar-refractivity contribution in [2.45, 2.75) is 13.5 Å². The van der Waals surface area contributed by atoms with Crippen LogP contribution in [0.4, 0.5) is 10.3 Å². The summed E-state index contributed by atoms with van der Waals surface area (Å²) in [5.41, 5.74) is 0.878. The molecule has 0 saturated carbocycles. The molecule has 0 amide bonds. The van der Waals surface area contributed by atoms with Gasteiger partial charge >= 0.3 is 0 Å². The van der Waals surface area contributed by atoms with Crippen molar-refractivity contribution >= 4 is 47.5 Å². The normalized spacial score (nSPS) is 14.7. The zero-order valence-electron chi connectivity index (χ0n) is 15.1. The minimum Gasteiger partial charge on any atom is -0.357 e. The number of nitrogens with zero attached hydrogens (tertiary/aromatic N) is 5. The fourth-order valence-corrected chi connectivity index (χ4v) is 3.01. The Balaban J connectivity index is 0.00000261. The van der Waals surface area contributed by atoms with Gasteiger partial charge in [-0.05, 0) is 30.7 Å². The summed E-state index contributed by atoms with van der Waals surface area (Å²) in [5.74, 6) is 1.20. The summed E-state index contributed by atoms with van der Waals surface area (Å²) in [6.07, 6.45) is 3.52. The molecule has 1 N–H and O–H groups in total. The van der Waals surface area contributed by atoms with Crippen LogP contribution in [0.1, 0.15) is 12.5 Å². The van der Waals surface area contributed by atoms with Crippen LogP contribution in [0, 0.1) is 5.82 Å². The number of piperazine rings is 1. The number of hydrogen-bond acceptors (Lipinski definition) is 4. The van der Waals surface area contributed by atoms with E-state index in [0.29, 0.717) is 6.54 Å². The summed E-state index contributed by atoms with van der Waals surface area (Å²) in [5, 5.41) is 3.45. The molecule has 3 rings (SSSR count). The SMILES string of the molecule is CCNC(=NCc1ccc(F)c(Cl)c1)N1CCN(c2ncccn2)CC1.I. The van der Waals surface area contributed by atoms with E-state index in [0.717, 1.165) is 50.2 Å². The van der Waals surface area contributed by atoms with E-state index in [1.807, 2.05) is 13.0 Å². The summed E-state index contributed by atoms with van der Waals surface area (Å²) in [6.45, 7) is 6.59. The minimum atomic E-state index is -0.412. The zero-order valence-corrected chi connectivity index (χ0v) is 18.2. The predicted octanol–water partition coefficient (Wildman–Crippen LogP) is 3.17. The summed E-state index contributed by atoms with van der Waals surface area (Å²) in [4.78, 5) is 17.7. The largest absolute Gasteiger partial charge is 0.357 e. The van der Waals surface area contributed by atoms with Gasteiger partial charge in [-0.25, -0.2) is 19.4 Å². The molecule has 0 radical (unpaired) electrons. The van der Waals surface area contributed by atoms with Gasteiger partial charge in [-0.1, -0.05) is 17.7 Å². The van der Waals surface area contributed by atoms with E-state index in [1.165, 1.54) is 6.07 Å². The maximum absolute atomic E-state index is 13.3. The van der Waals surface area contributed by atoms with Crippen LogP contribution < -0.4 is 10.2 Å². The molecule has 6 nitrogen and oxygen atoms in total. The molecular weight excluding hydrogens is 482 g/mol. The van der Waals surface area contributed by atoms with Gasteiger partial charge in [-0.2, -0.15) is 0 Å². The second kappa shape index (κ2) is 10.6. The number of hydrogen-bond donors (Lipinski definition) is 1. The second-order valence-corrected chi connectivity index (χ2v) is 6.35. The maximum Gasteiger partial charge on any atom is 0.225 e. The number of aromatic nitrogens is 2. The Morgan fingerprint density at radius 3 is 2.56 bits per heavy atom. The average molecular weight is 505 g/mol. The molecular formula is C18H23ClFIN6. The Kier molecular flexibility index (Phi) is 8.49. The second-order valence-electron chi connectivity index (χ2n) is 5.94. The first kappa shape index (κ1) is 21.6. The zero-order chi connectivity index (χ0) is 18.4. The number of halogens is 3. The van der Waals surface area contributed by atoms with Gasteiger partial charge in [-0.15, -0.1) is 24.0 Å². The van der Waals surface area contributed by atoms with Crippen molar-refractivity contribution in [3.05, 3.63) is 53.1 Å². The molecule has 1 saturated heterocycles. The number of guanidine groups is 1. The molecule has 1 aliphatic heterocycles. The molecule has 0 atom stereocenters. The van der Waals surface area contributed by atoms with Crippen molar-refractivity contribution in [3.63, 3.8) is 0 Å². The Hall–Kier alpha value is -1.68. The van der Waals surface area contributed by atoms with Crippen LogP contribution >= 0.6 is 35.6 Å². The van der Waals surface area contributed by atoms with Crippen LogP contribution in [-0.2, 0) is 6.54 Å². The summed E-state index contributed by atoms with van der Waals surface area (Å²) < 4.78 is 13.3. The van der Waals surface area contributed by atoms with E-state index >= 15 is 0 Å². The van der Waals surface area contributed by atoms with Crippen LogP contribution in [-0.4, -0.2) is 53.6 Å². The highest BCUT2D eigenvalue weighted by atomic mass is 127. The number of rotatable bonds is 4. The molecule has 0 aliphatic carbocycles. The summed E-state index contributed by atoms with van der Waals surface area (Å²) in [7, 11) is 0. The highest BCUT2D eigenvalue weighted by Gasteiger charge is 2.21. The van der Waals surface area contributed by atoms with Gasteiger partial charge < -0.3 is 15.1 Å². The van der Waals surface area contributed by atoms with E-state index in [4.69, 9.17) is 11.6 Å². The van der Waals surface area contributed by atoms with E-state index < -0.39 is 5.82 Å². The molecule has 2 aromatic rings. The van der Waals surface area contributed by atoms with Crippen LogP contribution in [0.2, 0.25) is 5.02 Å². The molecule has 1 aromatic carbocycles. The lowest BCUT2D eigenvalue weighted by molar-refractivity contribution is 0.370. The van der Waals surface area contributed by atoms with Crippen molar-refractivity contribution in [3.8, 4) is 0 Å². The fourth-order valence-electron chi connectivity index (χ4n) is 2.80. The van der Waals surface area contributed by atoms with E-state index in [1.54, 1.807) is 24.5 Å². The molecule has 1 fully saturated rings. The number of aliphatic imine (C=N–C) groups is 1. The van der Waals surface area contributed by atoms with E-state index in [9.17, 15) is 4.39 Å². The van der Waals surface area contributed by atoms with Gasteiger partial charge in [0, 0.05) is 45.1 Å². The molecule has 146 valence electrons. The number of nitrogens with one attached hydrogen (secondary N) is 1. The molecule has 1 aromatic heterocycles. The smallest absolute Gasteiger partial charge is 0.225 e. The highest BCUT2D eigenvalue weighted by Crippen LogP contribution is 2.17. The van der Waals surface area contributed by atoms with Crippen LogP contribution in [0.5, 0.6) is 0 Å². The third-order valence-electron chi connectivity index (χ3n) is 4.14. The van der Waals surface area contributed by atoms with Crippen molar-refractivity contribution < 1.29 is 4.39 Å². The molecule has 1 aliphatic rings. The first-order valence-corrected chi connectivity index (χ1v) is 9.04. The first-order valence-electron chi connectivity index (χ1n) is 8.66. The maximum atomic E-state index is 13.3. The Morgan fingerprint density at radius 1 is 1.22 bits per heavy atom. The third-order valence-corrected chi connectivity index (χ3v) is 4.43. The highest BCUT2D eigenvalue weighted by molar-refractivity contribution is 14.0. The summed E-state index contributed by atoms with van der Waals surface area (Å²) >= 11 is 5.85. The van der Waals surface area contributed by atoms with Crippen molar-refractivity contribution in [1.82, 2.24) is 20.2 Å². The molecule has 27 heavy (non-hydrogen) atoms. The van der Waals surface area contributed by atoms with Gasteiger partial charge in [0.2, 0.25) is 5.95 Å². The monoisotopic (exact) mass is 504 g/mol. The topological polar surface area (TPSA) is 56.7 Å². The first-order chi connectivity index (χ1) is 12.7. The molecule has 9 heteroatoms. The lowest BCUT2D eigenvalue weighted by atomic mass is 10.2. The third kappa shape index (κ3) is 5.90.